The van der Waals surface area contributed by atoms with Gasteiger partial charge >= 0.3 is 6.09 Å². The van der Waals surface area contributed by atoms with Crippen molar-refractivity contribution in [3.63, 3.8) is 0 Å². The van der Waals surface area contributed by atoms with Gasteiger partial charge in [-0.15, -0.1) is 0 Å². The third-order valence-corrected chi connectivity index (χ3v) is 3.71. The van der Waals surface area contributed by atoms with Gasteiger partial charge in [-0.25, -0.2) is 4.79 Å². The number of hydrogen-bond acceptors (Lipinski definition) is 4. The zero-order valence-corrected chi connectivity index (χ0v) is 15.6. The van der Waals surface area contributed by atoms with Gasteiger partial charge in [-0.05, 0) is 48.9 Å². The van der Waals surface area contributed by atoms with Crippen molar-refractivity contribution in [2.75, 3.05) is 25.6 Å². The molecule has 0 saturated heterocycles. The number of carbonyl (C=O) groups is 2. The van der Waals surface area contributed by atoms with Gasteiger partial charge in [0.1, 0.15) is 12.4 Å². The molecule has 0 aliphatic heterocycles. The highest BCUT2D eigenvalue weighted by atomic mass is 16.5. The van der Waals surface area contributed by atoms with Crippen molar-refractivity contribution in [1.29, 1.82) is 0 Å². The van der Waals surface area contributed by atoms with Crippen LogP contribution in [0.4, 0.5) is 10.5 Å². The molecule has 0 atom stereocenters. The number of hydrogen-bond donors (Lipinski definition) is 1. The fourth-order valence-electron chi connectivity index (χ4n) is 2.39. The Morgan fingerprint density at radius 2 is 1.78 bits per heavy atom. The van der Waals surface area contributed by atoms with Gasteiger partial charge in [-0.3, -0.25) is 10.1 Å². The Morgan fingerprint density at radius 1 is 1.11 bits per heavy atom. The second kappa shape index (κ2) is 10.0. The summed E-state index contributed by atoms with van der Waals surface area (Å²) in [6.45, 7) is 6.58. The van der Waals surface area contributed by atoms with E-state index in [2.05, 4.69) is 11.9 Å². The van der Waals surface area contributed by atoms with Crippen LogP contribution in [0, 0.1) is 0 Å². The summed E-state index contributed by atoms with van der Waals surface area (Å²) in [5.41, 5.74) is 2.11. The first-order valence-corrected chi connectivity index (χ1v) is 8.65. The lowest BCUT2D eigenvalue weighted by Gasteiger charge is -2.18. The normalized spacial score (nSPS) is 10.0. The van der Waals surface area contributed by atoms with E-state index in [0.29, 0.717) is 31.0 Å². The molecule has 0 bridgehead atoms. The summed E-state index contributed by atoms with van der Waals surface area (Å²) in [6.07, 6.45) is 1.17. The van der Waals surface area contributed by atoms with Gasteiger partial charge in [-0.1, -0.05) is 24.8 Å². The van der Waals surface area contributed by atoms with Crippen LogP contribution < -0.4 is 10.1 Å². The van der Waals surface area contributed by atoms with Crippen LogP contribution in [-0.2, 0) is 11.3 Å². The average molecular weight is 368 g/mol. The molecule has 0 radical (unpaired) electrons. The van der Waals surface area contributed by atoms with E-state index in [1.54, 1.807) is 49.2 Å². The minimum absolute atomic E-state index is 0.107. The van der Waals surface area contributed by atoms with Gasteiger partial charge in [-0.2, -0.15) is 0 Å². The van der Waals surface area contributed by atoms with Gasteiger partial charge in [0.15, 0.2) is 0 Å². The van der Waals surface area contributed by atoms with Gasteiger partial charge < -0.3 is 14.4 Å². The Labute approximate surface area is 159 Å². The van der Waals surface area contributed by atoms with Gasteiger partial charge in [0, 0.05) is 24.8 Å². The van der Waals surface area contributed by atoms with Crippen molar-refractivity contribution in [3.05, 3.63) is 72.3 Å². The molecule has 2 aromatic rings. The van der Waals surface area contributed by atoms with Crippen LogP contribution in [0.3, 0.4) is 0 Å². The topological polar surface area (TPSA) is 67.9 Å². The Kier molecular flexibility index (Phi) is 7.43. The number of rotatable bonds is 8. The molecule has 0 fully saturated rings. The summed E-state index contributed by atoms with van der Waals surface area (Å²) >= 11 is 0. The van der Waals surface area contributed by atoms with E-state index in [9.17, 15) is 9.59 Å². The summed E-state index contributed by atoms with van der Waals surface area (Å²) in [7, 11) is 1.75. The quantitative estimate of drug-likeness (QED) is 0.713. The van der Waals surface area contributed by atoms with Crippen LogP contribution in [0.25, 0.3) is 0 Å². The number of anilines is 1. The summed E-state index contributed by atoms with van der Waals surface area (Å²) in [4.78, 5) is 25.6. The smallest absolute Gasteiger partial charge is 0.411 e. The molecule has 2 amide bonds. The molecule has 27 heavy (non-hydrogen) atoms. The molecule has 0 spiro atoms. The average Bonchev–Trinajstić information content (AvgIpc) is 2.67. The molecule has 0 unspecified atom stereocenters. The Hall–Kier alpha value is -3.28. The summed E-state index contributed by atoms with van der Waals surface area (Å²) in [6, 6.07) is 14.3. The highest BCUT2D eigenvalue weighted by molar-refractivity contribution is 5.95. The Bertz CT molecular complexity index is 770. The second-order valence-electron chi connectivity index (χ2n) is 5.83. The van der Waals surface area contributed by atoms with Crippen molar-refractivity contribution >= 4 is 17.7 Å². The minimum atomic E-state index is -0.519. The lowest BCUT2D eigenvalue weighted by atomic mass is 10.1. The third kappa shape index (κ3) is 6.18. The molecule has 142 valence electrons. The summed E-state index contributed by atoms with van der Waals surface area (Å²) in [5.74, 6) is 0.655. The highest BCUT2D eigenvalue weighted by Crippen LogP contribution is 2.16. The van der Waals surface area contributed by atoms with Crippen molar-refractivity contribution in [3.8, 4) is 5.75 Å². The lowest BCUT2D eigenvalue weighted by Crippen LogP contribution is -2.26. The number of nitrogens with one attached hydrogen (secondary N) is 1. The SMILES string of the molecule is C=CCOc1ccc(CN(C)C(=O)c2ccc(NC(=O)OCC)cc2)cc1. The molecule has 0 aliphatic carbocycles. The van der Waals surface area contributed by atoms with Crippen LogP contribution in [0.15, 0.2) is 61.2 Å². The molecule has 1 N–H and O–H groups in total. The largest absolute Gasteiger partial charge is 0.490 e. The first-order valence-electron chi connectivity index (χ1n) is 8.65. The fourth-order valence-corrected chi connectivity index (χ4v) is 2.39. The Balaban J connectivity index is 1.94. The van der Waals surface area contributed by atoms with Gasteiger partial charge in [0.05, 0.1) is 6.61 Å². The number of carbonyl (C=O) groups excluding carboxylic acids is 2. The van der Waals surface area contributed by atoms with Crippen LogP contribution >= 0.6 is 0 Å². The minimum Gasteiger partial charge on any atom is -0.490 e. The molecule has 6 heteroatoms. The molecule has 6 nitrogen and oxygen atoms in total. The summed E-state index contributed by atoms with van der Waals surface area (Å²) < 4.78 is 10.3. The van der Waals surface area contributed by atoms with E-state index >= 15 is 0 Å². The molecular formula is C21H24N2O4. The van der Waals surface area contributed by atoms with Gasteiger partial charge in [0.25, 0.3) is 5.91 Å². The maximum Gasteiger partial charge on any atom is 0.411 e. The first kappa shape index (κ1) is 20.0. The number of nitrogens with zero attached hydrogens (tertiary/aromatic N) is 1. The number of benzene rings is 2. The molecule has 2 aromatic carbocycles. The summed E-state index contributed by atoms with van der Waals surface area (Å²) in [5, 5.41) is 2.59. The van der Waals surface area contributed by atoms with E-state index in [1.807, 2.05) is 24.3 Å². The molecule has 0 heterocycles. The highest BCUT2D eigenvalue weighted by Gasteiger charge is 2.12. The van der Waals surface area contributed by atoms with E-state index in [1.165, 1.54) is 0 Å². The molecular weight excluding hydrogens is 344 g/mol. The monoisotopic (exact) mass is 368 g/mol. The lowest BCUT2D eigenvalue weighted by molar-refractivity contribution is 0.0785. The van der Waals surface area contributed by atoms with E-state index < -0.39 is 6.09 Å². The molecule has 0 aromatic heterocycles. The van der Waals surface area contributed by atoms with Crippen LogP contribution in [0.1, 0.15) is 22.8 Å². The predicted molar refractivity (Wildman–Crippen MR) is 105 cm³/mol. The van der Waals surface area contributed by atoms with Gasteiger partial charge in [0.2, 0.25) is 0 Å². The maximum atomic E-state index is 12.6. The zero-order chi connectivity index (χ0) is 19.6. The van der Waals surface area contributed by atoms with Crippen molar-refractivity contribution in [2.24, 2.45) is 0 Å². The van der Waals surface area contributed by atoms with Crippen LogP contribution in [0.2, 0.25) is 0 Å². The van der Waals surface area contributed by atoms with Crippen molar-refractivity contribution in [1.82, 2.24) is 4.90 Å². The standard InChI is InChI=1S/C21H24N2O4/c1-4-14-27-19-12-6-16(7-13-19)15-23(3)20(24)17-8-10-18(11-9-17)22-21(25)26-5-2/h4,6-13H,1,5,14-15H2,2-3H3,(H,22,25). The van der Waals surface area contributed by atoms with Crippen molar-refractivity contribution < 1.29 is 19.1 Å². The van der Waals surface area contributed by atoms with E-state index in [-0.39, 0.29) is 5.91 Å². The third-order valence-electron chi connectivity index (χ3n) is 3.71. The molecule has 0 saturated carbocycles. The van der Waals surface area contributed by atoms with Crippen LogP contribution in [-0.4, -0.2) is 37.2 Å². The maximum absolute atomic E-state index is 12.6. The first-order chi connectivity index (χ1) is 13.0. The fraction of sp³-hybridized carbons (Fsp3) is 0.238. The second-order valence-corrected chi connectivity index (χ2v) is 5.83. The zero-order valence-electron chi connectivity index (χ0n) is 15.6. The van der Waals surface area contributed by atoms with E-state index in [4.69, 9.17) is 9.47 Å². The number of ether oxygens (including phenoxy) is 2. The van der Waals surface area contributed by atoms with Crippen molar-refractivity contribution in [2.45, 2.75) is 13.5 Å². The molecule has 2 rings (SSSR count). The predicted octanol–water partition coefficient (Wildman–Crippen LogP) is 4.09. The number of amides is 2. The van der Waals surface area contributed by atoms with E-state index in [0.717, 1.165) is 11.3 Å². The van der Waals surface area contributed by atoms with Crippen LogP contribution in [0.5, 0.6) is 5.75 Å². The molecule has 0 aliphatic rings. The Morgan fingerprint density at radius 3 is 2.37 bits per heavy atom.